The van der Waals surface area contributed by atoms with E-state index in [1.54, 1.807) is 4.90 Å². The van der Waals surface area contributed by atoms with Gasteiger partial charge in [-0.1, -0.05) is 75.3 Å². The van der Waals surface area contributed by atoms with E-state index in [-0.39, 0.29) is 5.91 Å². The summed E-state index contributed by atoms with van der Waals surface area (Å²) in [5.41, 5.74) is 4.69. The molecule has 0 spiro atoms. The molecule has 1 amide bonds. The Kier molecular flexibility index (Phi) is 8.99. The lowest BCUT2D eigenvalue weighted by atomic mass is 10.0. The molecule has 1 fully saturated rings. The number of aryl methyl sites for hydroxylation is 1. The normalized spacial score (nSPS) is 14.8. The van der Waals surface area contributed by atoms with Crippen LogP contribution >= 0.6 is 24.0 Å². The molecule has 7 heteroatoms. The van der Waals surface area contributed by atoms with Gasteiger partial charge >= 0.3 is 0 Å². The Morgan fingerprint density at radius 1 is 1.06 bits per heavy atom. The maximum absolute atomic E-state index is 13.2. The molecular weight excluding hydrogens is 486 g/mol. The molecule has 36 heavy (non-hydrogen) atoms. The van der Waals surface area contributed by atoms with Gasteiger partial charge in [0.05, 0.1) is 17.2 Å². The topological polar surface area (TPSA) is 47.4 Å². The van der Waals surface area contributed by atoms with E-state index in [0.717, 1.165) is 59.5 Å². The third-order valence-corrected chi connectivity index (χ3v) is 7.45. The van der Waals surface area contributed by atoms with Gasteiger partial charge in [0.2, 0.25) is 0 Å². The van der Waals surface area contributed by atoms with Crippen LogP contribution in [-0.2, 0) is 4.79 Å². The zero-order valence-electron chi connectivity index (χ0n) is 21.2. The fourth-order valence-corrected chi connectivity index (χ4v) is 5.43. The monoisotopic (exact) mass is 519 g/mol. The molecule has 4 rings (SSSR count). The first-order valence-electron chi connectivity index (χ1n) is 12.7. The standard InChI is InChI=1S/C29H33N3O2S2/c1-4-6-7-11-16-31-28(33)26(36-29(31)35)19-23-20-32(24-12-9-8-10-13-24)30-27(23)22-14-15-25(21(3)18-22)34-17-5-2/h8-10,12-15,18-20H,4-7,11,16-17H2,1-3H3/b26-19+. The van der Waals surface area contributed by atoms with Crippen LogP contribution in [0.2, 0.25) is 0 Å². The van der Waals surface area contributed by atoms with Gasteiger partial charge in [-0.2, -0.15) is 5.10 Å². The summed E-state index contributed by atoms with van der Waals surface area (Å²) in [6, 6.07) is 16.1. The Bertz CT molecular complexity index is 1250. The highest BCUT2D eigenvalue weighted by Gasteiger charge is 2.32. The minimum absolute atomic E-state index is 0.0144. The van der Waals surface area contributed by atoms with Crippen LogP contribution in [0.3, 0.4) is 0 Å². The molecule has 0 unspecified atom stereocenters. The third kappa shape index (κ3) is 6.08. The summed E-state index contributed by atoms with van der Waals surface area (Å²) in [5, 5.41) is 4.92. The lowest BCUT2D eigenvalue weighted by molar-refractivity contribution is -0.122. The molecule has 188 valence electrons. The number of amides is 1. The number of rotatable bonds is 11. The SMILES string of the molecule is CCCCCCN1C(=O)/C(=C\c2cn(-c3ccccc3)nc2-c2ccc(OCCC)c(C)c2)SC1=S. The van der Waals surface area contributed by atoms with E-state index in [0.29, 0.717) is 22.4 Å². The maximum atomic E-state index is 13.2. The molecule has 3 aromatic rings. The molecular formula is C29H33N3O2S2. The van der Waals surface area contributed by atoms with Crippen molar-refractivity contribution >= 4 is 40.3 Å². The van der Waals surface area contributed by atoms with E-state index in [4.69, 9.17) is 22.1 Å². The molecule has 0 N–H and O–H groups in total. The molecule has 1 aliphatic heterocycles. The van der Waals surface area contributed by atoms with E-state index < -0.39 is 0 Å². The molecule has 5 nitrogen and oxygen atoms in total. The predicted molar refractivity (Wildman–Crippen MR) is 154 cm³/mol. The fourth-order valence-electron chi connectivity index (χ4n) is 4.13. The maximum Gasteiger partial charge on any atom is 0.266 e. The summed E-state index contributed by atoms with van der Waals surface area (Å²) >= 11 is 6.93. The quantitative estimate of drug-likeness (QED) is 0.150. The van der Waals surface area contributed by atoms with Gasteiger partial charge in [-0.05, 0) is 61.7 Å². The molecule has 1 aliphatic rings. The Morgan fingerprint density at radius 2 is 1.86 bits per heavy atom. The third-order valence-electron chi connectivity index (χ3n) is 6.07. The van der Waals surface area contributed by atoms with Crippen molar-refractivity contribution in [3.05, 3.63) is 70.8 Å². The Hall–Kier alpha value is -2.90. The van der Waals surface area contributed by atoms with Crippen molar-refractivity contribution in [3.63, 3.8) is 0 Å². The zero-order chi connectivity index (χ0) is 25.5. The highest BCUT2D eigenvalue weighted by Crippen LogP contribution is 2.36. The van der Waals surface area contributed by atoms with Crippen molar-refractivity contribution in [2.75, 3.05) is 13.2 Å². The van der Waals surface area contributed by atoms with Crippen LogP contribution in [0.5, 0.6) is 5.75 Å². The Balaban J connectivity index is 1.68. The molecule has 0 radical (unpaired) electrons. The summed E-state index contributed by atoms with van der Waals surface area (Å²) in [4.78, 5) is 15.6. The fraction of sp³-hybridized carbons (Fsp3) is 0.345. The van der Waals surface area contributed by atoms with Gasteiger partial charge in [-0.25, -0.2) is 4.68 Å². The number of carbonyl (C=O) groups excluding carboxylic acids is 1. The molecule has 0 atom stereocenters. The number of ether oxygens (including phenoxy) is 1. The number of benzene rings is 2. The zero-order valence-corrected chi connectivity index (χ0v) is 22.8. The number of thioether (sulfide) groups is 1. The summed E-state index contributed by atoms with van der Waals surface area (Å²) in [7, 11) is 0. The minimum Gasteiger partial charge on any atom is -0.493 e. The second kappa shape index (κ2) is 12.4. The van der Waals surface area contributed by atoms with E-state index in [1.807, 2.05) is 66.3 Å². The van der Waals surface area contributed by atoms with Crippen LogP contribution < -0.4 is 4.74 Å². The summed E-state index contributed by atoms with van der Waals surface area (Å²) in [6.07, 6.45) is 9.29. The van der Waals surface area contributed by atoms with E-state index >= 15 is 0 Å². The number of unbranched alkanes of at least 4 members (excludes halogenated alkanes) is 3. The Morgan fingerprint density at radius 3 is 2.58 bits per heavy atom. The highest BCUT2D eigenvalue weighted by atomic mass is 32.2. The van der Waals surface area contributed by atoms with E-state index in [1.165, 1.54) is 18.2 Å². The van der Waals surface area contributed by atoms with Gasteiger partial charge in [0.15, 0.2) is 0 Å². The number of para-hydroxylation sites is 1. The van der Waals surface area contributed by atoms with Crippen LogP contribution in [0.1, 0.15) is 57.1 Å². The summed E-state index contributed by atoms with van der Waals surface area (Å²) in [5.74, 6) is 0.869. The van der Waals surface area contributed by atoms with Crippen molar-refractivity contribution in [1.82, 2.24) is 14.7 Å². The van der Waals surface area contributed by atoms with E-state index in [2.05, 4.69) is 19.9 Å². The number of nitrogens with zero attached hydrogens (tertiary/aromatic N) is 3. The Labute approximate surface area is 223 Å². The van der Waals surface area contributed by atoms with Gasteiger partial charge in [-0.3, -0.25) is 9.69 Å². The van der Waals surface area contributed by atoms with Crippen LogP contribution in [0, 0.1) is 6.92 Å². The number of carbonyl (C=O) groups is 1. The van der Waals surface area contributed by atoms with Gasteiger partial charge in [0.1, 0.15) is 15.8 Å². The van der Waals surface area contributed by atoms with Crippen LogP contribution in [0.15, 0.2) is 59.6 Å². The average molecular weight is 520 g/mol. The molecule has 0 bridgehead atoms. The number of thiocarbonyl (C=S) groups is 1. The molecule has 1 aromatic heterocycles. The molecule has 2 aromatic carbocycles. The largest absolute Gasteiger partial charge is 0.493 e. The lowest BCUT2D eigenvalue weighted by Crippen LogP contribution is -2.29. The van der Waals surface area contributed by atoms with Gasteiger partial charge < -0.3 is 4.74 Å². The molecule has 0 saturated carbocycles. The summed E-state index contributed by atoms with van der Waals surface area (Å²) in [6.45, 7) is 7.69. The highest BCUT2D eigenvalue weighted by molar-refractivity contribution is 8.26. The van der Waals surface area contributed by atoms with Crippen molar-refractivity contribution in [2.24, 2.45) is 0 Å². The summed E-state index contributed by atoms with van der Waals surface area (Å²) < 4.78 is 8.37. The number of aromatic nitrogens is 2. The van der Waals surface area contributed by atoms with Crippen molar-refractivity contribution in [2.45, 2.75) is 52.9 Å². The average Bonchev–Trinajstić information content (AvgIpc) is 3.42. The van der Waals surface area contributed by atoms with Crippen LogP contribution in [0.4, 0.5) is 0 Å². The van der Waals surface area contributed by atoms with Crippen molar-refractivity contribution in [1.29, 1.82) is 0 Å². The first kappa shape index (κ1) is 26.2. The van der Waals surface area contributed by atoms with Gasteiger partial charge in [0.25, 0.3) is 5.91 Å². The number of hydrogen-bond acceptors (Lipinski definition) is 5. The predicted octanol–water partition coefficient (Wildman–Crippen LogP) is 7.42. The first-order chi connectivity index (χ1) is 17.5. The lowest BCUT2D eigenvalue weighted by Gasteiger charge is -2.13. The first-order valence-corrected chi connectivity index (χ1v) is 13.9. The van der Waals surface area contributed by atoms with Crippen molar-refractivity contribution in [3.8, 4) is 22.7 Å². The smallest absolute Gasteiger partial charge is 0.266 e. The van der Waals surface area contributed by atoms with E-state index in [9.17, 15) is 4.79 Å². The van der Waals surface area contributed by atoms with Gasteiger partial charge in [0, 0.05) is 23.9 Å². The molecule has 0 aliphatic carbocycles. The van der Waals surface area contributed by atoms with Crippen molar-refractivity contribution < 1.29 is 9.53 Å². The molecule has 1 saturated heterocycles. The second-order valence-electron chi connectivity index (χ2n) is 8.94. The second-order valence-corrected chi connectivity index (χ2v) is 10.6. The van der Waals surface area contributed by atoms with Crippen LogP contribution in [-0.4, -0.2) is 38.1 Å². The van der Waals surface area contributed by atoms with Crippen LogP contribution in [0.25, 0.3) is 23.0 Å². The minimum atomic E-state index is -0.0144. The molecule has 2 heterocycles. The van der Waals surface area contributed by atoms with Gasteiger partial charge in [-0.15, -0.1) is 0 Å². The number of hydrogen-bond donors (Lipinski definition) is 0.